The van der Waals surface area contributed by atoms with Gasteiger partial charge in [-0.15, -0.1) is 0 Å². The minimum absolute atomic E-state index is 0.170. The van der Waals surface area contributed by atoms with Crippen LogP contribution in [0.3, 0.4) is 0 Å². The number of amides is 1. The van der Waals surface area contributed by atoms with E-state index in [0.717, 1.165) is 17.0 Å². The van der Waals surface area contributed by atoms with Gasteiger partial charge in [0.25, 0.3) is 5.91 Å². The molecule has 114 valence electrons. The molecule has 22 heavy (non-hydrogen) atoms. The lowest BCUT2D eigenvalue weighted by Gasteiger charge is -2.17. The van der Waals surface area contributed by atoms with E-state index in [1.165, 1.54) is 0 Å². The van der Waals surface area contributed by atoms with Crippen LogP contribution in [0.1, 0.15) is 5.56 Å². The highest BCUT2D eigenvalue weighted by molar-refractivity contribution is 5.84. The maximum atomic E-state index is 11.8. The maximum Gasteiger partial charge on any atom is 0.259 e. The fourth-order valence-electron chi connectivity index (χ4n) is 1.89. The summed E-state index contributed by atoms with van der Waals surface area (Å²) in [6, 6.07) is 17.1. The van der Waals surface area contributed by atoms with Crippen molar-refractivity contribution in [3.63, 3.8) is 0 Å². The van der Waals surface area contributed by atoms with Gasteiger partial charge in [0, 0.05) is 12.7 Å². The van der Waals surface area contributed by atoms with Gasteiger partial charge in [-0.25, -0.2) is 5.43 Å². The molecule has 1 N–H and O–H groups in total. The predicted octanol–water partition coefficient (Wildman–Crippen LogP) is 2.28. The van der Waals surface area contributed by atoms with Crippen LogP contribution in [-0.4, -0.2) is 32.8 Å². The zero-order valence-corrected chi connectivity index (χ0v) is 12.7. The summed E-state index contributed by atoms with van der Waals surface area (Å²) in [5.41, 5.74) is 4.39. The van der Waals surface area contributed by atoms with Gasteiger partial charge in [-0.05, 0) is 42.0 Å². The number of hydrogen-bond acceptors (Lipinski definition) is 4. The number of rotatable bonds is 6. The molecule has 0 atom stereocenters. The lowest BCUT2D eigenvalue weighted by Crippen LogP contribution is -2.32. The highest BCUT2D eigenvalue weighted by Gasteiger charge is 2.05. The van der Waals surface area contributed by atoms with Gasteiger partial charge < -0.3 is 9.64 Å². The molecular formula is C17H19N3O2. The number of likely N-dealkylation sites (N-methyl/N-ethyl adjacent to an activating group) is 1. The molecule has 0 bridgehead atoms. The van der Waals surface area contributed by atoms with E-state index in [1.807, 2.05) is 66.5 Å². The number of methoxy groups -OCH3 is 1. The molecule has 0 radical (unpaired) electrons. The Morgan fingerprint density at radius 1 is 1.18 bits per heavy atom. The SMILES string of the molecule is COc1ccc(C=NNC(=O)CN(C)c2ccccc2)cc1. The highest BCUT2D eigenvalue weighted by Crippen LogP contribution is 2.10. The van der Waals surface area contributed by atoms with Gasteiger partial charge in [-0.3, -0.25) is 4.79 Å². The summed E-state index contributed by atoms with van der Waals surface area (Å²) in [5, 5.41) is 3.95. The molecule has 5 heteroatoms. The number of nitrogens with one attached hydrogen (secondary N) is 1. The molecule has 0 fully saturated rings. The number of carbonyl (C=O) groups excluding carboxylic acids is 1. The average Bonchev–Trinajstić information content (AvgIpc) is 2.56. The van der Waals surface area contributed by atoms with Gasteiger partial charge in [-0.1, -0.05) is 18.2 Å². The van der Waals surface area contributed by atoms with Crippen LogP contribution in [0.4, 0.5) is 5.69 Å². The van der Waals surface area contributed by atoms with Crippen molar-refractivity contribution in [1.29, 1.82) is 0 Å². The molecule has 2 aromatic carbocycles. The Hall–Kier alpha value is -2.82. The number of carbonyl (C=O) groups is 1. The Morgan fingerprint density at radius 3 is 2.50 bits per heavy atom. The van der Waals surface area contributed by atoms with Crippen LogP contribution in [0.15, 0.2) is 59.7 Å². The normalized spacial score (nSPS) is 10.5. The second kappa shape index (κ2) is 7.83. The van der Waals surface area contributed by atoms with E-state index < -0.39 is 0 Å². The van der Waals surface area contributed by atoms with Crippen molar-refractivity contribution in [2.75, 3.05) is 25.6 Å². The molecule has 0 heterocycles. The summed E-state index contributed by atoms with van der Waals surface area (Å²) >= 11 is 0. The van der Waals surface area contributed by atoms with E-state index in [1.54, 1.807) is 13.3 Å². The van der Waals surface area contributed by atoms with E-state index in [-0.39, 0.29) is 12.5 Å². The van der Waals surface area contributed by atoms with Gasteiger partial charge in [-0.2, -0.15) is 5.10 Å². The molecule has 1 amide bonds. The predicted molar refractivity (Wildman–Crippen MR) is 88.4 cm³/mol. The number of ether oxygens (including phenoxy) is 1. The zero-order valence-electron chi connectivity index (χ0n) is 12.7. The van der Waals surface area contributed by atoms with Gasteiger partial charge >= 0.3 is 0 Å². The second-order valence-electron chi connectivity index (χ2n) is 4.76. The zero-order chi connectivity index (χ0) is 15.8. The van der Waals surface area contributed by atoms with E-state index in [4.69, 9.17) is 4.74 Å². The first kappa shape index (κ1) is 15.6. The fraction of sp³-hybridized carbons (Fsp3) is 0.176. The third-order valence-corrected chi connectivity index (χ3v) is 3.10. The second-order valence-corrected chi connectivity index (χ2v) is 4.76. The molecule has 2 aromatic rings. The molecule has 2 rings (SSSR count). The molecule has 0 saturated carbocycles. The molecule has 0 unspecified atom stereocenters. The van der Waals surface area contributed by atoms with Crippen molar-refractivity contribution in [2.45, 2.75) is 0 Å². The molecule has 5 nitrogen and oxygen atoms in total. The van der Waals surface area contributed by atoms with Crippen molar-refractivity contribution in [2.24, 2.45) is 5.10 Å². The number of anilines is 1. The van der Waals surface area contributed by atoms with E-state index in [0.29, 0.717) is 0 Å². The summed E-state index contributed by atoms with van der Waals surface area (Å²) in [7, 11) is 3.48. The van der Waals surface area contributed by atoms with Crippen LogP contribution in [0.2, 0.25) is 0 Å². The van der Waals surface area contributed by atoms with E-state index in [2.05, 4.69) is 10.5 Å². The number of hydrazone groups is 1. The Morgan fingerprint density at radius 2 is 1.86 bits per heavy atom. The fourth-order valence-corrected chi connectivity index (χ4v) is 1.89. The summed E-state index contributed by atoms with van der Waals surface area (Å²) in [5.74, 6) is 0.613. The number of para-hydroxylation sites is 1. The number of hydrogen-bond donors (Lipinski definition) is 1. The van der Waals surface area contributed by atoms with Crippen molar-refractivity contribution < 1.29 is 9.53 Å². The van der Waals surface area contributed by atoms with Gasteiger partial charge in [0.1, 0.15) is 5.75 Å². The minimum Gasteiger partial charge on any atom is -0.497 e. The van der Waals surface area contributed by atoms with Gasteiger partial charge in [0.05, 0.1) is 19.9 Å². The lowest BCUT2D eigenvalue weighted by molar-refractivity contribution is -0.119. The van der Waals surface area contributed by atoms with Crippen molar-refractivity contribution in [3.05, 3.63) is 60.2 Å². The van der Waals surface area contributed by atoms with Crippen molar-refractivity contribution >= 4 is 17.8 Å². The summed E-state index contributed by atoms with van der Waals surface area (Å²) in [6.07, 6.45) is 1.60. The summed E-state index contributed by atoms with van der Waals surface area (Å²) in [6.45, 7) is 0.240. The largest absolute Gasteiger partial charge is 0.497 e. The third-order valence-electron chi connectivity index (χ3n) is 3.10. The molecule has 0 aromatic heterocycles. The first-order valence-corrected chi connectivity index (χ1v) is 6.91. The standard InChI is InChI=1S/C17H19N3O2/c1-20(15-6-4-3-5-7-15)13-17(21)19-18-12-14-8-10-16(22-2)11-9-14/h3-12H,13H2,1-2H3,(H,19,21). The van der Waals surface area contributed by atoms with Crippen LogP contribution < -0.4 is 15.1 Å². The van der Waals surface area contributed by atoms with Crippen LogP contribution in [0, 0.1) is 0 Å². The lowest BCUT2D eigenvalue weighted by atomic mass is 10.2. The molecule has 0 saturated heterocycles. The monoisotopic (exact) mass is 297 g/mol. The highest BCUT2D eigenvalue weighted by atomic mass is 16.5. The Balaban J connectivity index is 1.83. The van der Waals surface area contributed by atoms with Crippen LogP contribution >= 0.6 is 0 Å². The molecular weight excluding hydrogens is 278 g/mol. The van der Waals surface area contributed by atoms with Crippen LogP contribution in [0.25, 0.3) is 0 Å². The Kier molecular flexibility index (Phi) is 5.54. The number of nitrogens with zero attached hydrogens (tertiary/aromatic N) is 2. The first-order chi connectivity index (χ1) is 10.7. The minimum atomic E-state index is -0.170. The smallest absolute Gasteiger partial charge is 0.259 e. The molecule has 0 aliphatic rings. The van der Waals surface area contributed by atoms with Crippen molar-refractivity contribution in [3.8, 4) is 5.75 Å². The van der Waals surface area contributed by atoms with Crippen LogP contribution in [0.5, 0.6) is 5.75 Å². The number of benzene rings is 2. The topological polar surface area (TPSA) is 53.9 Å². The van der Waals surface area contributed by atoms with E-state index in [9.17, 15) is 4.79 Å². The summed E-state index contributed by atoms with van der Waals surface area (Å²) < 4.78 is 5.08. The van der Waals surface area contributed by atoms with Crippen LogP contribution in [-0.2, 0) is 4.79 Å². The molecule has 0 aliphatic heterocycles. The van der Waals surface area contributed by atoms with E-state index >= 15 is 0 Å². The first-order valence-electron chi connectivity index (χ1n) is 6.91. The summed E-state index contributed by atoms with van der Waals surface area (Å²) in [4.78, 5) is 13.7. The quantitative estimate of drug-likeness (QED) is 0.657. The Bertz CT molecular complexity index is 624. The average molecular weight is 297 g/mol. The third kappa shape index (κ3) is 4.63. The Labute approximate surface area is 130 Å². The maximum absolute atomic E-state index is 11.8. The van der Waals surface area contributed by atoms with Gasteiger partial charge in [0.15, 0.2) is 0 Å². The molecule has 0 aliphatic carbocycles. The van der Waals surface area contributed by atoms with Gasteiger partial charge in [0.2, 0.25) is 0 Å². The van der Waals surface area contributed by atoms with Crippen molar-refractivity contribution in [1.82, 2.24) is 5.43 Å². The molecule has 0 spiro atoms.